The molecule has 2 heterocycles. The molecule has 0 aromatic carbocycles. The molecule has 3 heteroatoms. The van der Waals surface area contributed by atoms with Gasteiger partial charge in [0.05, 0.1) is 0 Å². The average Bonchev–Trinajstić information content (AvgIpc) is 2.86. The fraction of sp³-hybridized carbons (Fsp3) is 1.00. The Labute approximate surface area is 113 Å². The molecule has 2 atom stereocenters. The van der Waals surface area contributed by atoms with Gasteiger partial charge in [-0.05, 0) is 32.7 Å². The molecule has 106 valence electrons. The molecule has 0 saturated carbocycles. The van der Waals surface area contributed by atoms with Crippen molar-refractivity contribution in [2.24, 2.45) is 5.73 Å². The Morgan fingerprint density at radius 1 is 1.22 bits per heavy atom. The number of nitrogens with zero attached hydrogens (tertiary/aromatic N) is 2. The zero-order chi connectivity index (χ0) is 13.0. The van der Waals surface area contributed by atoms with Crippen LogP contribution in [0.4, 0.5) is 0 Å². The fourth-order valence-corrected chi connectivity index (χ4v) is 3.63. The summed E-state index contributed by atoms with van der Waals surface area (Å²) in [4.78, 5) is 5.37. The second kappa shape index (κ2) is 6.36. The molecule has 0 amide bonds. The van der Waals surface area contributed by atoms with Gasteiger partial charge in [-0.25, -0.2) is 0 Å². The summed E-state index contributed by atoms with van der Waals surface area (Å²) in [5.41, 5.74) is 6.34. The zero-order valence-electron chi connectivity index (χ0n) is 12.3. The van der Waals surface area contributed by atoms with Gasteiger partial charge in [-0.15, -0.1) is 0 Å². The minimum Gasteiger partial charge on any atom is -0.329 e. The third-order valence-electron chi connectivity index (χ3n) is 5.11. The standard InChI is InChI=1S/C15H31N3/c1-3-4-5-8-15(2,13-16)18-11-10-17-9-6-7-14(17)12-18/h14H,3-13,16H2,1-2H3. The highest BCUT2D eigenvalue weighted by molar-refractivity contribution is 4.95. The lowest BCUT2D eigenvalue weighted by Crippen LogP contribution is -2.60. The van der Waals surface area contributed by atoms with Gasteiger partial charge in [0, 0.05) is 37.8 Å². The smallest absolute Gasteiger partial charge is 0.0304 e. The number of hydrogen-bond donors (Lipinski definition) is 1. The lowest BCUT2D eigenvalue weighted by molar-refractivity contribution is 0.0216. The Balaban J connectivity index is 1.90. The molecule has 0 aromatic heterocycles. The maximum absolute atomic E-state index is 6.10. The number of unbranched alkanes of at least 4 members (excludes halogenated alkanes) is 2. The predicted molar refractivity (Wildman–Crippen MR) is 77.8 cm³/mol. The van der Waals surface area contributed by atoms with E-state index >= 15 is 0 Å². The SMILES string of the molecule is CCCCCC(C)(CN)N1CCN2CCCC2C1. The van der Waals surface area contributed by atoms with Crippen LogP contribution in [0.1, 0.15) is 52.4 Å². The summed E-state index contributed by atoms with van der Waals surface area (Å²) in [6.45, 7) is 10.5. The first-order valence-corrected chi connectivity index (χ1v) is 7.89. The molecule has 2 aliphatic rings. The van der Waals surface area contributed by atoms with E-state index in [2.05, 4.69) is 23.6 Å². The molecular weight excluding hydrogens is 222 g/mol. The van der Waals surface area contributed by atoms with Gasteiger partial charge in [-0.1, -0.05) is 26.2 Å². The third-order valence-corrected chi connectivity index (χ3v) is 5.11. The van der Waals surface area contributed by atoms with Crippen LogP contribution in [0.25, 0.3) is 0 Å². The van der Waals surface area contributed by atoms with Crippen molar-refractivity contribution in [3.05, 3.63) is 0 Å². The van der Waals surface area contributed by atoms with E-state index in [4.69, 9.17) is 5.73 Å². The quantitative estimate of drug-likeness (QED) is 0.736. The summed E-state index contributed by atoms with van der Waals surface area (Å²) in [5.74, 6) is 0. The van der Waals surface area contributed by atoms with Crippen LogP contribution in [-0.2, 0) is 0 Å². The maximum atomic E-state index is 6.10. The van der Waals surface area contributed by atoms with Crippen LogP contribution in [-0.4, -0.2) is 54.1 Å². The van der Waals surface area contributed by atoms with E-state index in [1.807, 2.05) is 0 Å². The summed E-state index contributed by atoms with van der Waals surface area (Å²) < 4.78 is 0. The Bertz CT molecular complexity index is 256. The molecule has 0 bridgehead atoms. The monoisotopic (exact) mass is 253 g/mol. The molecule has 0 spiro atoms. The van der Waals surface area contributed by atoms with E-state index in [1.54, 1.807) is 0 Å². The first kappa shape index (κ1) is 14.3. The topological polar surface area (TPSA) is 32.5 Å². The number of fused-ring (bicyclic) bond motifs is 1. The normalized spacial score (nSPS) is 29.2. The van der Waals surface area contributed by atoms with Gasteiger partial charge in [0.1, 0.15) is 0 Å². The first-order chi connectivity index (χ1) is 8.69. The van der Waals surface area contributed by atoms with Crippen molar-refractivity contribution in [2.45, 2.75) is 64.0 Å². The maximum Gasteiger partial charge on any atom is 0.0304 e. The molecule has 3 nitrogen and oxygen atoms in total. The number of piperazine rings is 1. The van der Waals surface area contributed by atoms with E-state index in [1.165, 1.54) is 64.7 Å². The minimum absolute atomic E-state index is 0.240. The first-order valence-electron chi connectivity index (χ1n) is 7.89. The van der Waals surface area contributed by atoms with Gasteiger partial charge in [-0.2, -0.15) is 0 Å². The summed E-state index contributed by atoms with van der Waals surface area (Å²) in [6, 6.07) is 0.816. The van der Waals surface area contributed by atoms with Crippen molar-refractivity contribution in [3.63, 3.8) is 0 Å². The molecule has 2 rings (SSSR count). The summed E-state index contributed by atoms with van der Waals surface area (Å²) in [7, 11) is 0. The van der Waals surface area contributed by atoms with Gasteiger partial charge in [-0.3, -0.25) is 9.80 Å². The molecule has 2 N–H and O–H groups in total. The molecule has 0 radical (unpaired) electrons. The second-order valence-corrected chi connectivity index (χ2v) is 6.44. The zero-order valence-corrected chi connectivity index (χ0v) is 12.3. The van der Waals surface area contributed by atoms with Gasteiger partial charge in [0.15, 0.2) is 0 Å². The Morgan fingerprint density at radius 2 is 2.06 bits per heavy atom. The summed E-state index contributed by atoms with van der Waals surface area (Å²) in [6.07, 6.45) is 8.04. The van der Waals surface area contributed by atoms with E-state index in [-0.39, 0.29) is 5.54 Å². The van der Waals surface area contributed by atoms with Crippen LogP contribution in [0.5, 0.6) is 0 Å². The van der Waals surface area contributed by atoms with Crippen LogP contribution in [0, 0.1) is 0 Å². The second-order valence-electron chi connectivity index (χ2n) is 6.44. The molecule has 2 unspecified atom stereocenters. The van der Waals surface area contributed by atoms with E-state index in [0.29, 0.717) is 0 Å². The van der Waals surface area contributed by atoms with Gasteiger partial charge >= 0.3 is 0 Å². The molecule has 2 saturated heterocycles. The summed E-state index contributed by atoms with van der Waals surface area (Å²) >= 11 is 0. The minimum atomic E-state index is 0.240. The highest BCUT2D eigenvalue weighted by Gasteiger charge is 2.37. The van der Waals surface area contributed by atoms with Gasteiger partial charge in [0.2, 0.25) is 0 Å². The van der Waals surface area contributed by atoms with Crippen molar-refractivity contribution >= 4 is 0 Å². The summed E-state index contributed by atoms with van der Waals surface area (Å²) in [5, 5.41) is 0. The average molecular weight is 253 g/mol. The van der Waals surface area contributed by atoms with Crippen molar-refractivity contribution < 1.29 is 0 Å². The highest BCUT2D eigenvalue weighted by Crippen LogP contribution is 2.28. The van der Waals surface area contributed by atoms with Crippen LogP contribution >= 0.6 is 0 Å². The number of nitrogens with two attached hydrogens (primary N) is 1. The Kier molecular flexibility index (Phi) is 5.05. The van der Waals surface area contributed by atoms with Gasteiger partial charge < -0.3 is 5.73 Å². The molecule has 2 fully saturated rings. The van der Waals surface area contributed by atoms with Crippen molar-refractivity contribution in [1.82, 2.24) is 9.80 Å². The van der Waals surface area contributed by atoms with E-state index in [9.17, 15) is 0 Å². The van der Waals surface area contributed by atoms with E-state index < -0.39 is 0 Å². The Hall–Kier alpha value is -0.120. The molecule has 18 heavy (non-hydrogen) atoms. The van der Waals surface area contributed by atoms with Crippen LogP contribution in [0.3, 0.4) is 0 Å². The Morgan fingerprint density at radius 3 is 2.78 bits per heavy atom. The van der Waals surface area contributed by atoms with Crippen LogP contribution in [0.2, 0.25) is 0 Å². The third kappa shape index (κ3) is 3.06. The highest BCUT2D eigenvalue weighted by atomic mass is 15.3. The van der Waals surface area contributed by atoms with Crippen LogP contribution < -0.4 is 5.73 Å². The largest absolute Gasteiger partial charge is 0.329 e. The fourth-order valence-electron chi connectivity index (χ4n) is 3.63. The van der Waals surface area contributed by atoms with Crippen molar-refractivity contribution in [3.8, 4) is 0 Å². The molecule has 2 aliphatic heterocycles. The lowest BCUT2D eigenvalue weighted by Gasteiger charge is -2.47. The predicted octanol–water partition coefficient (Wildman–Crippen LogP) is 2.06. The number of hydrogen-bond acceptors (Lipinski definition) is 3. The van der Waals surface area contributed by atoms with Crippen molar-refractivity contribution in [2.75, 3.05) is 32.7 Å². The number of rotatable bonds is 6. The van der Waals surface area contributed by atoms with Gasteiger partial charge in [0.25, 0.3) is 0 Å². The lowest BCUT2D eigenvalue weighted by atomic mass is 9.90. The molecule has 0 aromatic rings. The molecule has 0 aliphatic carbocycles. The van der Waals surface area contributed by atoms with Crippen LogP contribution in [0.15, 0.2) is 0 Å². The van der Waals surface area contributed by atoms with E-state index in [0.717, 1.165) is 12.6 Å². The van der Waals surface area contributed by atoms with Crippen molar-refractivity contribution in [1.29, 1.82) is 0 Å². The molecular formula is C15H31N3.